The molecule has 26 heavy (non-hydrogen) atoms. The Balaban J connectivity index is 1.65. The fourth-order valence-electron chi connectivity index (χ4n) is 3.21. The smallest absolute Gasteiger partial charge is 0.158 e. The molecule has 0 amide bonds. The van der Waals surface area contributed by atoms with Crippen LogP contribution in [0, 0.1) is 18.7 Å². The molecule has 0 saturated heterocycles. The molecule has 0 radical (unpaired) electrons. The third-order valence-electron chi connectivity index (χ3n) is 4.83. The number of aliphatic hydroxyl groups excluding tert-OH is 1. The SMILES string of the molecule is Cc1nn(CC2CC2)cc1Cn1ncnc1-c1ccc(F)cc1[C@@H](C)O. The van der Waals surface area contributed by atoms with Crippen LogP contribution in [0.4, 0.5) is 4.39 Å². The molecule has 1 fully saturated rings. The molecule has 0 bridgehead atoms. The van der Waals surface area contributed by atoms with E-state index in [9.17, 15) is 9.50 Å². The molecule has 4 rings (SSSR count). The number of aromatic nitrogens is 5. The summed E-state index contributed by atoms with van der Waals surface area (Å²) in [4.78, 5) is 4.34. The maximum atomic E-state index is 13.6. The van der Waals surface area contributed by atoms with Gasteiger partial charge in [0.15, 0.2) is 5.82 Å². The highest BCUT2D eigenvalue weighted by Gasteiger charge is 2.23. The minimum atomic E-state index is -0.797. The molecule has 2 heterocycles. The van der Waals surface area contributed by atoms with E-state index >= 15 is 0 Å². The van der Waals surface area contributed by atoms with E-state index in [-0.39, 0.29) is 5.82 Å². The first-order valence-corrected chi connectivity index (χ1v) is 8.90. The number of benzene rings is 1. The van der Waals surface area contributed by atoms with E-state index < -0.39 is 6.10 Å². The summed E-state index contributed by atoms with van der Waals surface area (Å²) in [6.45, 7) is 5.11. The van der Waals surface area contributed by atoms with Gasteiger partial charge in [0.1, 0.15) is 12.1 Å². The minimum absolute atomic E-state index is 0.382. The predicted octanol–water partition coefficient (Wildman–Crippen LogP) is 3.10. The summed E-state index contributed by atoms with van der Waals surface area (Å²) < 4.78 is 17.4. The van der Waals surface area contributed by atoms with Crippen molar-refractivity contribution < 1.29 is 9.50 Å². The largest absolute Gasteiger partial charge is 0.389 e. The highest BCUT2D eigenvalue weighted by Crippen LogP contribution is 2.31. The van der Waals surface area contributed by atoms with E-state index in [0.717, 1.165) is 23.7 Å². The highest BCUT2D eigenvalue weighted by molar-refractivity contribution is 5.61. The molecule has 1 N–H and O–H groups in total. The Morgan fingerprint density at radius 1 is 1.35 bits per heavy atom. The number of nitrogens with zero attached hydrogens (tertiary/aromatic N) is 5. The van der Waals surface area contributed by atoms with Gasteiger partial charge in [0.25, 0.3) is 0 Å². The third kappa shape index (κ3) is 3.39. The predicted molar refractivity (Wildman–Crippen MR) is 94.8 cm³/mol. The maximum absolute atomic E-state index is 13.6. The number of aryl methyl sites for hydroxylation is 1. The second-order valence-corrected chi connectivity index (χ2v) is 7.05. The van der Waals surface area contributed by atoms with Crippen LogP contribution in [-0.2, 0) is 13.1 Å². The standard InChI is InChI=1S/C19H22FN5O/c1-12-15(9-24(23-12)8-14-3-4-14)10-25-19(21-11-22-25)17-6-5-16(20)7-18(17)13(2)26/h5-7,9,11,13-14,26H,3-4,8,10H2,1-2H3/t13-/m1/s1. The van der Waals surface area contributed by atoms with Crippen LogP contribution in [0.25, 0.3) is 11.4 Å². The molecule has 136 valence electrons. The monoisotopic (exact) mass is 355 g/mol. The van der Waals surface area contributed by atoms with Gasteiger partial charge in [-0.1, -0.05) is 0 Å². The third-order valence-corrected chi connectivity index (χ3v) is 4.83. The van der Waals surface area contributed by atoms with E-state index in [1.54, 1.807) is 17.7 Å². The Bertz CT molecular complexity index is 926. The first-order valence-electron chi connectivity index (χ1n) is 8.90. The van der Waals surface area contributed by atoms with Crippen LogP contribution in [0.15, 0.2) is 30.7 Å². The lowest BCUT2D eigenvalue weighted by Crippen LogP contribution is -2.07. The first-order chi connectivity index (χ1) is 12.5. The van der Waals surface area contributed by atoms with Crippen molar-refractivity contribution in [2.75, 3.05) is 0 Å². The molecule has 1 atom stereocenters. The number of halogens is 1. The highest BCUT2D eigenvalue weighted by atomic mass is 19.1. The summed E-state index contributed by atoms with van der Waals surface area (Å²) in [6, 6.07) is 4.36. The van der Waals surface area contributed by atoms with Crippen LogP contribution in [0.2, 0.25) is 0 Å². The number of rotatable bonds is 6. The molecule has 7 heteroatoms. The van der Waals surface area contributed by atoms with Gasteiger partial charge in [0.05, 0.1) is 18.3 Å². The van der Waals surface area contributed by atoms with E-state index in [1.165, 1.54) is 31.3 Å². The van der Waals surface area contributed by atoms with Gasteiger partial charge in [-0.2, -0.15) is 10.2 Å². The summed E-state index contributed by atoms with van der Waals surface area (Å²) in [6.07, 6.45) is 5.32. The van der Waals surface area contributed by atoms with Crippen molar-refractivity contribution in [1.29, 1.82) is 0 Å². The van der Waals surface area contributed by atoms with Crippen molar-refractivity contribution in [3.05, 3.63) is 53.4 Å². The van der Waals surface area contributed by atoms with Crippen LogP contribution < -0.4 is 0 Å². The van der Waals surface area contributed by atoms with E-state index in [0.29, 0.717) is 23.5 Å². The Morgan fingerprint density at radius 2 is 2.15 bits per heavy atom. The van der Waals surface area contributed by atoms with Crippen LogP contribution in [0.3, 0.4) is 0 Å². The summed E-state index contributed by atoms with van der Waals surface area (Å²) in [5, 5.41) is 18.9. The topological polar surface area (TPSA) is 68.8 Å². The fraction of sp³-hybridized carbons (Fsp3) is 0.421. The average Bonchev–Trinajstić information content (AvgIpc) is 3.18. The molecule has 0 unspecified atom stereocenters. The van der Waals surface area contributed by atoms with Crippen molar-refractivity contribution in [2.24, 2.45) is 5.92 Å². The van der Waals surface area contributed by atoms with Gasteiger partial charge in [-0.15, -0.1) is 0 Å². The lowest BCUT2D eigenvalue weighted by atomic mass is 10.0. The molecule has 3 aromatic rings. The van der Waals surface area contributed by atoms with Gasteiger partial charge >= 0.3 is 0 Å². The molecule has 1 saturated carbocycles. The van der Waals surface area contributed by atoms with Gasteiger partial charge in [0.2, 0.25) is 0 Å². The summed E-state index contributed by atoms with van der Waals surface area (Å²) in [5.74, 6) is 0.986. The Kier molecular flexibility index (Phi) is 4.32. The van der Waals surface area contributed by atoms with Crippen LogP contribution >= 0.6 is 0 Å². The Hall–Kier alpha value is -2.54. The van der Waals surface area contributed by atoms with Crippen LogP contribution in [0.5, 0.6) is 0 Å². The summed E-state index contributed by atoms with van der Waals surface area (Å²) in [7, 11) is 0. The van der Waals surface area contributed by atoms with Crippen molar-refractivity contribution in [3.63, 3.8) is 0 Å². The van der Waals surface area contributed by atoms with Crippen LogP contribution in [0.1, 0.15) is 42.7 Å². The van der Waals surface area contributed by atoms with Gasteiger partial charge in [-0.25, -0.2) is 14.1 Å². The zero-order chi connectivity index (χ0) is 18.3. The van der Waals surface area contributed by atoms with E-state index in [4.69, 9.17) is 0 Å². The zero-order valence-electron chi connectivity index (χ0n) is 14.9. The maximum Gasteiger partial charge on any atom is 0.158 e. The van der Waals surface area contributed by atoms with Gasteiger partial charge < -0.3 is 5.11 Å². The number of hydrogen-bond donors (Lipinski definition) is 1. The second kappa shape index (κ2) is 6.64. The Morgan fingerprint density at radius 3 is 2.88 bits per heavy atom. The second-order valence-electron chi connectivity index (χ2n) is 7.05. The quantitative estimate of drug-likeness (QED) is 0.738. The molecule has 1 aliphatic carbocycles. The molecule has 1 aliphatic rings. The summed E-state index contributed by atoms with van der Waals surface area (Å²) in [5.41, 5.74) is 3.24. The first kappa shape index (κ1) is 16.9. The molecule has 0 spiro atoms. The van der Waals surface area contributed by atoms with Crippen molar-refractivity contribution in [3.8, 4) is 11.4 Å². The van der Waals surface area contributed by atoms with Crippen molar-refractivity contribution in [1.82, 2.24) is 24.5 Å². The van der Waals surface area contributed by atoms with Crippen molar-refractivity contribution >= 4 is 0 Å². The lowest BCUT2D eigenvalue weighted by molar-refractivity contribution is 0.199. The molecule has 6 nitrogen and oxygen atoms in total. The lowest BCUT2D eigenvalue weighted by Gasteiger charge is -2.13. The number of hydrogen-bond acceptors (Lipinski definition) is 4. The summed E-state index contributed by atoms with van der Waals surface area (Å²) >= 11 is 0. The molecule has 2 aromatic heterocycles. The van der Waals surface area contributed by atoms with Crippen LogP contribution in [-0.4, -0.2) is 29.7 Å². The minimum Gasteiger partial charge on any atom is -0.389 e. The van der Waals surface area contributed by atoms with Gasteiger partial charge in [-0.3, -0.25) is 4.68 Å². The fourth-order valence-corrected chi connectivity index (χ4v) is 3.21. The number of aliphatic hydroxyl groups is 1. The average molecular weight is 355 g/mol. The van der Waals surface area contributed by atoms with Gasteiger partial charge in [-0.05, 0) is 56.4 Å². The molecule has 1 aromatic carbocycles. The van der Waals surface area contributed by atoms with E-state index in [1.807, 2.05) is 11.6 Å². The van der Waals surface area contributed by atoms with Gasteiger partial charge in [0, 0.05) is 23.9 Å². The zero-order valence-corrected chi connectivity index (χ0v) is 14.9. The molecule has 0 aliphatic heterocycles. The molecular formula is C19H22FN5O. The van der Waals surface area contributed by atoms with Crippen molar-refractivity contribution in [2.45, 2.75) is 45.9 Å². The van der Waals surface area contributed by atoms with E-state index in [2.05, 4.69) is 21.4 Å². The normalized spacial score (nSPS) is 15.4. The Labute approximate surface area is 151 Å². The molecular weight excluding hydrogens is 333 g/mol.